The molecule has 10 heteroatoms. The predicted octanol–water partition coefficient (Wildman–Crippen LogP) is 0.420. The van der Waals surface area contributed by atoms with Crippen LogP contribution in [-0.2, 0) is 4.74 Å². The zero-order valence-corrected chi connectivity index (χ0v) is 18.3. The molecule has 0 heterocycles. The van der Waals surface area contributed by atoms with Crippen LogP contribution in [0, 0.1) is 0 Å². The van der Waals surface area contributed by atoms with Crippen molar-refractivity contribution in [3.8, 4) is 11.5 Å². The minimum atomic E-state index is -1.21. The van der Waals surface area contributed by atoms with Crippen molar-refractivity contribution in [1.82, 2.24) is 0 Å². The number of carbonyl (C=O) groups is 2. The van der Waals surface area contributed by atoms with Gasteiger partial charge in [0.25, 0.3) is 0 Å². The molecule has 2 aromatic rings. The Morgan fingerprint density at radius 1 is 0.800 bits per heavy atom. The first-order chi connectivity index (χ1) is 13.9. The van der Waals surface area contributed by atoms with E-state index in [1.807, 2.05) is 0 Å². The smallest absolute Gasteiger partial charge is 0.349 e. The first-order valence-electron chi connectivity index (χ1n) is 8.49. The Balaban J connectivity index is 0.000000801. The summed E-state index contributed by atoms with van der Waals surface area (Å²) in [6, 6.07) is 13.0. The molecule has 30 heavy (non-hydrogen) atoms. The van der Waals surface area contributed by atoms with Crippen molar-refractivity contribution in [2.24, 2.45) is 5.73 Å². The van der Waals surface area contributed by atoms with Crippen LogP contribution in [0.1, 0.15) is 20.7 Å². The van der Waals surface area contributed by atoms with Gasteiger partial charge in [-0.3, -0.25) is 0 Å². The molecule has 0 aromatic heterocycles. The second kappa shape index (κ2) is 13.6. The molecular weight excluding hydrogens is 413 g/mol. The van der Waals surface area contributed by atoms with E-state index in [1.165, 1.54) is 26.4 Å². The van der Waals surface area contributed by atoms with Gasteiger partial charge in [0, 0.05) is 0 Å². The Bertz CT molecular complexity index is 745. The maximum atomic E-state index is 12.0. The quantitative estimate of drug-likeness (QED) is 0.272. The van der Waals surface area contributed by atoms with E-state index in [2.05, 4.69) is 0 Å². The summed E-state index contributed by atoms with van der Waals surface area (Å²) in [5, 5.41) is 25.0. The van der Waals surface area contributed by atoms with Crippen molar-refractivity contribution >= 4 is 21.8 Å². The van der Waals surface area contributed by atoms with Crippen molar-refractivity contribution < 1.29 is 39.1 Å². The van der Waals surface area contributed by atoms with Crippen LogP contribution < -0.4 is 15.2 Å². The van der Waals surface area contributed by atoms with Gasteiger partial charge < -0.3 is 35.3 Å². The fourth-order valence-corrected chi connectivity index (χ4v) is 1.97. The maximum Gasteiger partial charge on any atom is 0.349 e. The Morgan fingerprint density at radius 3 is 1.40 bits per heavy atom. The number of aliphatic hydroxyl groups excluding tert-OH is 3. The monoisotopic (exact) mass is 441 g/mol. The third kappa shape index (κ3) is 7.70. The van der Waals surface area contributed by atoms with E-state index in [0.29, 0.717) is 11.5 Å². The van der Waals surface area contributed by atoms with Gasteiger partial charge in [0.1, 0.15) is 22.6 Å². The molecule has 0 saturated heterocycles. The second-order valence-corrected chi connectivity index (χ2v) is 5.91. The van der Waals surface area contributed by atoms with E-state index in [0.717, 1.165) is 0 Å². The highest BCUT2D eigenvalue weighted by molar-refractivity contribution is 6.92. The van der Waals surface area contributed by atoms with Gasteiger partial charge in [-0.25, -0.2) is 9.59 Å². The minimum Gasteiger partial charge on any atom is -0.496 e. The highest BCUT2D eigenvalue weighted by Gasteiger charge is 2.21. The molecule has 2 rings (SSSR count). The van der Waals surface area contributed by atoms with Crippen molar-refractivity contribution in [2.45, 2.75) is 5.54 Å². The second-order valence-electron chi connectivity index (χ2n) is 5.91. The van der Waals surface area contributed by atoms with Crippen LogP contribution in [0.2, 0.25) is 0 Å². The number of ether oxygens (including phenoxy) is 3. The molecule has 1 unspecified atom stereocenters. The molecular formula is C20H28NO8P. The summed E-state index contributed by atoms with van der Waals surface area (Å²) < 4.78 is 15.0. The fraction of sp³-hybridized carbons (Fsp3) is 0.300. The van der Waals surface area contributed by atoms with Crippen LogP contribution in [0.4, 0.5) is 0 Å². The molecule has 0 fully saturated rings. The number of hydrogen-bond donors (Lipinski definition) is 4. The average molecular weight is 441 g/mol. The molecule has 166 valence electrons. The lowest BCUT2D eigenvalue weighted by molar-refractivity contribution is 0.0393. The Hall–Kier alpha value is -2.55. The van der Waals surface area contributed by atoms with E-state index in [-0.39, 0.29) is 21.0 Å². The first-order valence-corrected chi connectivity index (χ1v) is 8.49. The van der Waals surface area contributed by atoms with Crippen LogP contribution in [0.25, 0.3) is 0 Å². The third-order valence-corrected chi connectivity index (χ3v) is 3.78. The van der Waals surface area contributed by atoms with Crippen molar-refractivity contribution in [2.75, 3.05) is 34.0 Å². The highest BCUT2D eigenvalue weighted by Crippen LogP contribution is 2.21. The van der Waals surface area contributed by atoms with Crippen LogP contribution >= 0.6 is 9.90 Å². The van der Waals surface area contributed by atoms with Crippen molar-refractivity contribution in [3.05, 3.63) is 59.7 Å². The van der Waals surface area contributed by atoms with Crippen LogP contribution in [0.15, 0.2) is 48.5 Å². The molecule has 9 nitrogen and oxygen atoms in total. The summed E-state index contributed by atoms with van der Waals surface area (Å²) in [6.45, 7) is -1.21. The largest absolute Gasteiger partial charge is 0.496 e. The van der Waals surface area contributed by atoms with Gasteiger partial charge in [-0.15, -0.1) is 0 Å². The van der Waals surface area contributed by atoms with Gasteiger partial charge in [0.05, 0.1) is 39.6 Å². The Labute approximate surface area is 178 Å². The van der Waals surface area contributed by atoms with Crippen LogP contribution in [-0.4, -0.2) is 66.8 Å². The van der Waals surface area contributed by atoms with E-state index >= 15 is 0 Å². The van der Waals surface area contributed by atoms with E-state index in [9.17, 15) is 9.59 Å². The number of aliphatic hydroxyl groups is 3. The summed E-state index contributed by atoms with van der Waals surface area (Å²) in [6.07, 6.45) is 0. The molecule has 0 aliphatic rings. The van der Waals surface area contributed by atoms with Gasteiger partial charge >= 0.3 is 11.9 Å². The number of methoxy groups -OCH3 is 2. The molecule has 0 aliphatic heterocycles. The molecule has 1 atom stereocenters. The van der Waals surface area contributed by atoms with Gasteiger partial charge in [0.15, 0.2) is 0 Å². The lowest BCUT2D eigenvalue weighted by Crippen LogP contribution is -2.50. The van der Waals surface area contributed by atoms with Gasteiger partial charge in [-0.2, -0.15) is 9.90 Å². The molecule has 0 amide bonds. The fourth-order valence-electron chi connectivity index (χ4n) is 1.97. The first kappa shape index (κ1) is 27.5. The number of carbonyl (C=O) groups excluding carboxylic acids is 2. The van der Waals surface area contributed by atoms with Gasteiger partial charge in [-0.05, 0) is 24.3 Å². The minimum absolute atomic E-state index is 0. The molecule has 2 aromatic carbocycles. The predicted molar refractivity (Wildman–Crippen MR) is 115 cm³/mol. The van der Waals surface area contributed by atoms with Gasteiger partial charge in [0.2, 0.25) is 0 Å². The summed E-state index contributed by atoms with van der Waals surface area (Å²) in [4.78, 5) is 24.1. The van der Waals surface area contributed by atoms with E-state index in [4.69, 9.17) is 35.3 Å². The van der Waals surface area contributed by atoms with E-state index < -0.39 is 37.3 Å². The lowest BCUT2D eigenvalue weighted by Gasteiger charge is -2.20. The molecule has 0 radical (unpaired) electrons. The van der Waals surface area contributed by atoms with Gasteiger partial charge in [-0.1, -0.05) is 24.3 Å². The number of nitrogens with two attached hydrogens (primary N) is 1. The summed E-state index contributed by atoms with van der Waals surface area (Å²) in [5.74, 6) is -0.864. The normalized spacial score (nSPS) is 10.1. The number of esters is 2. The zero-order valence-electron chi connectivity index (χ0n) is 16.9. The lowest BCUT2D eigenvalue weighted by atomic mass is 10.1. The molecule has 5 N–H and O–H groups in total. The van der Waals surface area contributed by atoms with Crippen molar-refractivity contribution in [1.29, 1.82) is 0 Å². The summed E-state index contributed by atoms with van der Waals surface area (Å²) in [7, 11) is 2.88. The SMILES string of the molecule is COc1ccccc1C(=O)OC(=O)c1ccccc1OC.NC(CO)(CO)CO.P. The molecule has 0 aliphatic carbocycles. The Morgan fingerprint density at radius 2 is 1.13 bits per heavy atom. The standard InChI is InChI=1S/C16H14O5.C4H11NO3.H3P/c1-19-13-9-5-3-7-11(13)15(17)21-16(18)12-8-4-6-10-14(12)20-2;5-4(1-6,2-7)3-8;/h3-10H,1-2H3;6-8H,1-3,5H2;1H3. The number of rotatable bonds is 7. The number of para-hydroxylation sites is 2. The van der Waals surface area contributed by atoms with Crippen LogP contribution in [0.3, 0.4) is 0 Å². The molecule has 0 spiro atoms. The van der Waals surface area contributed by atoms with E-state index in [1.54, 1.807) is 36.4 Å². The number of hydrogen-bond acceptors (Lipinski definition) is 9. The number of benzene rings is 2. The molecule has 0 bridgehead atoms. The van der Waals surface area contributed by atoms with Crippen molar-refractivity contribution in [3.63, 3.8) is 0 Å². The molecule has 0 saturated carbocycles. The highest BCUT2D eigenvalue weighted by atomic mass is 31.0. The maximum absolute atomic E-state index is 12.0. The summed E-state index contributed by atoms with van der Waals surface area (Å²) in [5.41, 5.74) is 4.30. The third-order valence-electron chi connectivity index (χ3n) is 3.78. The Kier molecular flexibility index (Phi) is 12.5. The topological polar surface area (TPSA) is 149 Å². The zero-order chi connectivity index (χ0) is 21.9. The summed E-state index contributed by atoms with van der Waals surface area (Å²) >= 11 is 0. The average Bonchev–Trinajstić information content (AvgIpc) is 2.78. The van der Waals surface area contributed by atoms with Crippen LogP contribution in [0.5, 0.6) is 11.5 Å².